The van der Waals surface area contributed by atoms with Crippen LogP contribution >= 0.6 is 0 Å². The Morgan fingerprint density at radius 2 is 1.76 bits per heavy atom. The lowest BCUT2D eigenvalue weighted by atomic mass is 9.92. The van der Waals surface area contributed by atoms with Gasteiger partial charge in [0, 0.05) is 0 Å². The van der Waals surface area contributed by atoms with Crippen molar-refractivity contribution in [2.75, 3.05) is 0 Å². The maximum atomic E-state index is 11.2. The van der Waals surface area contributed by atoms with Gasteiger partial charge in [-0.15, -0.1) is 0 Å². The molecule has 6 heteroatoms. The predicted octanol–water partition coefficient (Wildman–Crippen LogP) is 0.471. The maximum Gasteiger partial charge on any atom is 0.339 e. The van der Waals surface area contributed by atoms with E-state index < -0.39 is 29.6 Å². The molecule has 3 atom stereocenters. The van der Waals surface area contributed by atoms with Crippen molar-refractivity contribution < 1.29 is 19.8 Å². The first-order valence-corrected chi connectivity index (χ1v) is 5.69. The molecular formula is C11H22N2O4. The lowest BCUT2D eigenvalue weighted by Gasteiger charge is -2.34. The van der Waals surface area contributed by atoms with Gasteiger partial charge in [0.05, 0.1) is 0 Å². The average Bonchev–Trinajstić information content (AvgIpc) is 2.23. The van der Waals surface area contributed by atoms with Crippen LogP contribution in [0.15, 0.2) is 0 Å². The summed E-state index contributed by atoms with van der Waals surface area (Å²) in [4.78, 5) is 22.3. The smallest absolute Gasteiger partial charge is 0.339 e. The van der Waals surface area contributed by atoms with Crippen LogP contribution in [0.4, 0.5) is 0 Å². The summed E-state index contributed by atoms with van der Waals surface area (Å²) in [5.74, 6) is -2.96. The Labute approximate surface area is 101 Å². The lowest BCUT2D eigenvalue weighted by molar-refractivity contribution is -0.150. The zero-order valence-corrected chi connectivity index (χ0v) is 10.7. The van der Waals surface area contributed by atoms with Crippen molar-refractivity contribution in [3.63, 3.8) is 0 Å². The first kappa shape index (κ1) is 15.9. The second-order valence-electron chi connectivity index (χ2n) is 4.67. The van der Waals surface area contributed by atoms with Gasteiger partial charge in [0.2, 0.25) is 0 Å². The molecule has 0 unspecified atom stereocenters. The van der Waals surface area contributed by atoms with Gasteiger partial charge in [0.1, 0.15) is 6.04 Å². The predicted molar refractivity (Wildman–Crippen MR) is 63.4 cm³/mol. The second kappa shape index (κ2) is 5.97. The standard InChI is InChI=1S/C11H22N2O4/c1-5-7(4)8(9(14)15)13-11(12,6(2)3)10(16)17/h6-8,13H,5,12H2,1-4H3,(H,14,15)(H,16,17)/t7-,8-,11+/m0/s1. The fraction of sp³-hybridized carbons (Fsp3) is 0.818. The minimum atomic E-state index is -1.73. The largest absolute Gasteiger partial charge is 0.480 e. The summed E-state index contributed by atoms with van der Waals surface area (Å²) in [5.41, 5.74) is 4.01. The summed E-state index contributed by atoms with van der Waals surface area (Å²) >= 11 is 0. The van der Waals surface area contributed by atoms with Crippen molar-refractivity contribution in [2.45, 2.75) is 45.8 Å². The molecule has 0 fully saturated rings. The summed E-state index contributed by atoms with van der Waals surface area (Å²) in [6.07, 6.45) is 0.623. The fourth-order valence-electron chi connectivity index (χ4n) is 1.42. The number of aliphatic carboxylic acids is 2. The van der Waals surface area contributed by atoms with E-state index in [9.17, 15) is 9.59 Å². The summed E-state index contributed by atoms with van der Waals surface area (Å²) in [6, 6.07) is -0.969. The highest BCUT2D eigenvalue weighted by atomic mass is 16.4. The van der Waals surface area contributed by atoms with Crippen LogP contribution in [0.25, 0.3) is 0 Å². The van der Waals surface area contributed by atoms with Crippen molar-refractivity contribution in [3.8, 4) is 0 Å². The highest BCUT2D eigenvalue weighted by Gasteiger charge is 2.42. The molecule has 0 spiro atoms. The monoisotopic (exact) mass is 246 g/mol. The number of hydrogen-bond donors (Lipinski definition) is 4. The van der Waals surface area contributed by atoms with Crippen LogP contribution in [-0.2, 0) is 9.59 Å². The van der Waals surface area contributed by atoms with Crippen molar-refractivity contribution >= 4 is 11.9 Å². The van der Waals surface area contributed by atoms with Crippen LogP contribution in [0.3, 0.4) is 0 Å². The molecule has 0 rings (SSSR count). The number of carbonyl (C=O) groups is 2. The molecule has 0 bridgehead atoms. The van der Waals surface area contributed by atoms with Crippen LogP contribution in [0, 0.1) is 11.8 Å². The molecule has 0 saturated heterocycles. The van der Waals surface area contributed by atoms with Crippen molar-refractivity contribution in [3.05, 3.63) is 0 Å². The van der Waals surface area contributed by atoms with E-state index in [0.29, 0.717) is 6.42 Å². The Hall–Kier alpha value is -1.14. The minimum absolute atomic E-state index is 0.200. The molecule has 0 aliphatic rings. The molecule has 0 aromatic heterocycles. The zero-order chi connectivity index (χ0) is 13.8. The van der Waals surface area contributed by atoms with E-state index >= 15 is 0 Å². The third-order valence-corrected chi connectivity index (χ3v) is 3.14. The number of carboxylic acid groups (broad SMARTS) is 2. The fourth-order valence-corrected chi connectivity index (χ4v) is 1.42. The van der Waals surface area contributed by atoms with Gasteiger partial charge >= 0.3 is 11.9 Å². The molecule has 100 valence electrons. The molecule has 0 aromatic carbocycles. The van der Waals surface area contributed by atoms with E-state index in [-0.39, 0.29) is 5.92 Å². The van der Waals surface area contributed by atoms with Crippen LogP contribution in [0.2, 0.25) is 0 Å². The molecule has 0 aliphatic carbocycles. The Balaban J connectivity index is 5.07. The van der Waals surface area contributed by atoms with E-state index in [4.69, 9.17) is 15.9 Å². The van der Waals surface area contributed by atoms with Gasteiger partial charge < -0.3 is 15.9 Å². The molecule has 0 aliphatic heterocycles. The van der Waals surface area contributed by atoms with Gasteiger partial charge in [-0.2, -0.15) is 0 Å². The van der Waals surface area contributed by atoms with E-state index in [1.54, 1.807) is 20.8 Å². The number of nitrogens with one attached hydrogen (secondary N) is 1. The number of rotatable bonds is 7. The molecule has 17 heavy (non-hydrogen) atoms. The summed E-state index contributed by atoms with van der Waals surface area (Å²) in [7, 11) is 0. The number of carboxylic acids is 2. The van der Waals surface area contributed by atoms with Gasteiger partial charge in [-0.3, -0.25) is 10.1 Å². The van der Waals surface area contributed by atoms with Gasteiger partial charge in [0.15, 0.2) is 5.66 Å². The normalized spacial score (nSPS) is 18.5. The lowest BCUT2D eigenvalue weighted by Crippen LogP contribution is -2.68. The van der Waals surface area contributed by atoms with Crippen LogP contribution in [0.5, 0.6) is 0 Å². The Kier molecular flexibility index (Phi) is 5.57. The van der Waals surface area contributed by atoms with Gasteiger partial charge in [-0.05, 0) is 11.8 Å². The third kappa shape index (κ3) is 3.67. The Morgan fingerprint density at radius 3 is 2.00 bits per heavy atom. The first-order valence-electron chi connectivity index (χ1n) is 5.69. The highest BCUT2D eigenvalue weighted by molar-refractivity contribution is 5.80. The Morgan fingerprint density at radius 1 is 1.29 bits per heavy atom. The van der Waals surface area contributed by atoms with E-state index in [2.05, 4.69) is 5.32 Å². The van der Waals surface area contributed by atoms with Gasteiger partial charge in [-0.25, -0.2) is 4.79 Å². The van der Waals surface area contributed by atoms with Crippen LogP contribution in [-0.4, -0.2) is 33.9 Å². The minimum Gasteiger partial charge on any atom is -0.480 e. The van der Waals surface area contributed by atoms with E-state index in [0.717, 1.165) is 0 Å². The van der Waals surface area contributed by atoms with Crippen LogP contribution < -0.4 is 11.1 Å². The summed E-state index contributed by atoms with van der Waals surface area (Å²) in [6.45, 7) is 6.86. The quantitative estimate of drug-likeness (QED) is 0.486. The second-order valence-corrected chi connectivity index (χ2v) is 4.67. The molecule has 0 saturated carbocycles. The zero-order valence-electron chi connectivity index (χ0n) is 10.7. The molecule has 6 nitrogen and oxygen atoms in total. The van der Waals surface area contributed by atoms with Crippen LogP contribution in [0.1, 0.15) is 34.1 Å². The highest BCUT2D eigenvalue weighted by Crippen LogP contribution is 2.16. The SMILES string of the molecule is CC[C@H](C)[C@H](N[C@@](N)(C(=O)O)C(C)C)C(=O)O. The molecule has 0 amide bonds. The molecule has 5 N–H and O–H groups in total. The van der Waals surface area contributed by atoms with Gasteiger partial charge in [0.25, 0.3) is 0 Å². The first-order chi connectivity index (χ1) is 7.66. The van der Waals surface area contributed by atoms with Crippen molar-refractivity contribution in [2.24, 2.45) is 17.6 Å². The number of hydrogen-bond acceptors (Lipinski definition) is 4. The third-order valence-electron chi connectivity index (χ3n) is 3.14. The average molecular weight is 246 g/mol. The van der Waals surface area contributed by atoms with Crippen molar-refractivity contribution in [1.29, 1.82) is 0 Å². The summed E-state index contributed by atoms with van der Waals surface area (Å²) in [5, 5.41) is 20.8. The maximum absolute atomic E-state index is 11.2. The van der Waals surface area contributed by atoms with Crippen molar-refractivity contribution in [1.82, 2.24) is 5.32 Å². The van der Waals surface area contributed by atoms with Gasteiger partial charge in [-0.1, -0.05) is 34.1 Å². The Bertz CT molecular complexity index is 293. The summed E-state index contributed by atoms with van der Waals surface area (Å²) < 4.78 is 0. The molecule has 0 aromatic rings. The topological polar surface area (TPSA) is 113 Å². The molecular weight excluding hydrogens is 224 g/mol. The van der Waals surface area contributed by atoms with E-state index in [1.807, 2.05) is 6.92 Å². The molecule has 0 radical (unpaired) electrons. The molecule has 0 heterocycles. The number of nitrogens with two attached hydrogens (primary N) is 1. The van der Waals surface area contributed by atoms with E-state index in [1.165, 1.54) is 0 Å².